The van der Waals surface area contributed by atoms with Crippen molar-refractivity contribution in [1.29, 1.82) is 0 Å². The first kappa shape index (κ1) is 14.7. The summed E-state index contributed by atoms with van der Waals surface area (Å²) in [5, 5.41) is 3.16. The predicted molar refractivity (Wildman–Crippen MR) is 81.0 cm³/mol. The maximum absolute atomic E-state index is 13.7. The Hall–Kier alpha value is -1.75. The van der Waals surface area contributed by atoms with E-state index in [0.717, 1.165) is 10.2 Å². The van der Waals surface area contributed by atoms with Gasteiger partial charge in [-0.25, -0.2) is 4.39 Å². The van der Waals surface area contributed by atoms with Crippen molar-refractivity contribution in [3.8, 4) is 11.5 Å². The minimum Gasteiger partial charge on any atom is -0.497 e. The highest BCUT2D eigenvalue weighted by Crippen LogP contribution is 2.29. The topological polar surface area (TPSA) is 30.5 Å². The summed E-state index contributed by atoms with van der Waals surface area (Å²) in [5.41, 5.74) is 1.37. The molecule has 20 heavy (non-hydrogen) atoms. The van der Waals surface area contributed by atoms with E-state index >= 15 is 0 Å². The second-order valence-corrected chi connectivity index (χ2v) is 5.07. The van der Waals surface area contributed by atoms with E-state index in [1.165, 1.54) is 6.07 Å². The van der Waals surface area contributed by atoms with Crippen LogP contribution in [0.1, 0.15) is 5.56 Å². The van der Waals surface area contributed by atoms with E-state index in [1.54, 1.807) is 32.4 Å². The second kappa shape index (κ2) is 6.61. The van der Waals surface area contributed by atoms with E-state index in [4.69, 9.17) is 9.47 Å². The van der Waals surface area contributed by atoms with Crippen molar-refractivity contribution in [1.82, 2.24) is 0 Å². The Balaban J connectivity index is 2.16. The van der Waals surface area contributed by atoms with Gasteiger partial charge in [0, 0.05) is 22.6 Å². The highest BCUT2D eigenvalue weighted by Gasteiger charge is 2.07. The number of nitrogens with one attached hydrogen (secondary N) is 1. The molecule has 0 unspecified atom stereocenters. The Bertz CT molecular complexity index is 604. The second-order valence-electron chi connectivity index (χ2n) is 4.16. The van der Waals surface area contributed by atoms with E-state index in [9.17, 15) is 4.39 Å². The lowest BCUT2D eigenvalue weighted by Crippen LogP contribution is -2.03. The summed E-state index contributed by atoms with van der Waals surface area (Å²) in [4.78, 5) is 0. The summed E-state index contributed by atoms with van der Waals surface area (Å²) < 4.78 is 24.9. The van der Waals surface area contributed by atoms with E-state index in [1.807, 2.05) is 12.1 Å². The molecule has 0 aromatic heterocycles. The zero-order valence-electron chi connectivity index (χ0n) is 11.2. The molecule has 0 saturated heterocycles. The fourth-order valence-electron chi connectivity index (χ4n) is 1.81. The third-order valence-corrected chi connectivity index (χ3v) is 3.38. The number of hydrogen-bond acceptors (Lipinski definition) is 3. The van der Waals surface area contributed by atoms with Gasteiger partial charge in [-0.3, -0.25) is 0 Å². The standard InChI is InChI=1S/C15H15BrFNO2/c1-19-12-4-6-14(15(8-12)20-2)18-9-10-7-11(16)3-5-13(10)17/h3-8,18H,9H2,1-2H3. The molecule has 0 heterocycles. The van der Waals surface area contributed by atoms with E-state index in [0.29, 0.717) is 23.6 Å². The first-order chi connectivity index (χ1) is 9.63. The fourth-order valence-corrected chi connectivity index (χ4v) is 2.22. The minimum atomic E-state index is -0.242. The number of benzene rings is 2. The summed E-state index contributed by atoms with van der Waals surface area (Å²) in [6.45, 7) is 0.369. The monoisotopic (exact) mass is 339 g/mol. The van der Waals surface area contributed by atoms with Crippen molar-refractivity contribution in [2.45, 2.75) is 6.54 Å². The third-order valence-electron chi connectivity index (χ3n) is 2.89. The molecule has 1 N–H and O–H groups in total. The molecule has 0 spiro atoms. The molecule has 0 fully saturated rings. The van der Waals surface area contributed by atoms with Crippen LogP contribution >= 0.6 is 15.9 Å². The number of methoxy groups -OCH3 is 2. The van der Waals surface area contributed by atoms with Crippen LogP contribution in [0, 0.1) is 5.82 Å². The van der Waals surface area contributed by atoms with Gasteiger partial charge >= 0.3 is 0 Å². The number of rotatable bonds is 5. The van der Waals surface area contributed by atoms with Crippen LogP contribution in [0.25, 0.3) is 0 Å². The molecule has 106 valence electrons. The van der Waals surface area contributed by atoms with Crippen LogP contribution in [0.3, 0.4) is 0 Å². The molecule has 0 aliphatic carbocycles. The number of anilines is 1. The lowest BCUT2D eigenvalue weighted by molar-refractivity contribution is 0.395. The molecule has 0 radical (unpaired) electrons. The fraction of sp³-hybridized carbons (Fsp3) is 0.200. The van der Waals surface area contributed by atoms with Crippen molar-refractivity contribution >= 4 is 21.6 Å². The highest BCUT2D eigenvalue weighted by molar-refractivity contribution is 9.10. The summed E-state index contributed by atoms with van der Waals surface area (Å²) in [5.74, 6) is 1.12. The molecule has 3 nitrogen and oxygen atoms in total. The maximum atomic E-state index is 13.7. The van der Waals surface area contributed by atoms with Gasteiger partial charge in [0.1, 0.15) is 17.3 Å². The number of hydrogen-bond donors (Lipinski definition) is 1. The van der Waals surface area contributed by atoms with Gasteiger partial charge in [-0.1, -0.05) is 15.9 Å². The normalized spacial score (nSPS) is 10.2. The first-order valence-corrected chi connectivity index (χ1v) is 6.83. The van der Waals surface area contributed by atoms with Crippen molar-refractivity contribution in [2.75, 3.05) is 19.5 Å². The summed E-state index contributed by atoms with van der Waals surface area (Å²) in [6.07, 6.45) is 0. The Morgan fingerprint density at radius 2 is 1.90 bits per heavy atom. The summed E-state index contributed by atoms with van der Waals surface area (Å²) >= 11 is 3.33. The molecule has 0 aliphatic heterocycles. The molecule has 2 rings (SSSR count). The zero-order valence-corrected chi connectivity index (χ0v) is 12.8. The van der Waals surface area contributed by atoms with Gasteiger partial charge in [-0.2, -0.15) is 0 Å². The lowest BCUT2D eigenvalue weighted by Gasteiger charge is -2.13. The third kappa shape index (κ3) is 3.42. The maximum Gasteiger partial charge on any atom is 0.145 e. The van der Waals surface area contributed by atoms with Crippen LogP contribution in [0.4, 0.5) is 10.1 Å². The van der Waals surface area contributed by atoms with Gasteiger partial charge in [-0.05, 0) is 30.3 Å². The average molecular weight is 340 g/mol. The first-order valence-electron chi connectivity index (χ1n) is 6.04. The van der Waals surface area contributed by atoms with Gasteiger partial charge in [-0.15, -0.1) is 0 Å². The van der Waals surface area contributed by atoms with Crippen LogP contribution in [-0.2, 0) is 6.54 Å². The van der Waals surface area contributed by atoms with Crippen LogP contribution < -0.4 is 14.8 Å². The Morgan fingerprint density at radius 3 is 2.60 bits per heavy atom. The van der Waals surface area contributed by atoms with Gasteiger partial charge in [0.05, 0.1) is 19.9 Å². The molecule has 2 aromatic rings. The molecular formula is C15H15BrFNO2. The molecule has 0 aliphatic rings. The molecule has 0 amide bonds. The predicted octanol–water partition coefficient (Wildman–Crippen LogP) is 4.22. The Labute approximate surface area is 125 Å². The van der Waals surface area contributed by atoms with Crippen LogP contribution in [0.15, 0.2) is 40.9 Å². The van der Waals surface area contributed by atoms with Gasteiger partial charge in [0.15, 0.2) is 0 Å². The molecule has 5 heteroatoms. The molecule has 0 saturated carbocycles. The van der Waals surface area contributed by atoms with Gasteiger partial charge < -0.3 is 14.8 Å². The number of ether oxygens (including phenoxy) is 2. The van der Waals surface area contributed by atoms with Crippen molar-refractivity contribution < 1.29 is 13.9 Å². The minimum absolute atomic E-state index is 0.242. The zero-order chi connectivity index (χ0) is 14.5. The molecular weight excluding hydrogens is 325 g/mol. The van der Waals surface area contributed by atoms with Crippen LogP contribution in [0.2, 0.25) is 0 Å². The van der Waals surface area contributed by atoms with Crippen LogP contribution in [0.5, 0.6) is 11.5 Å². The molecule has 0 bridgehead atoms. The quantitative estimate of drug-likeness (QED) is 0.884. The Morgan fingerprint density at radius 1 is 1.10 bits per heavy atom. The van der Waals surface area contributed by atoms with E-state index in [-0.39, 0.29) is 5.82 Å². The van der Waals surface area contributed by atoms with Crippen LogP contribution in [-0.4, -0.2) is 14.2 Å². The lowest BCUT2D eigenvalue weighted by atomic mass is 10.2. The SMILES string of the molecule is COc1ccc(NCc2cc(Br)ccc2F)c(OC)c1. The smallest absolute Gasteiger partial charge is 0.145 e. The van der Waals surface area contributed by atoms with E-state index in [2.05, 4.69) is 21.2 Å². The number of halogens is 2. The summed E-state index contributed by atoms with van der Waals surface area (Å²) in [7, 11) is 3.18. The van der Waals surface area contributed by atoms with E-state index < -0.39 is 0 Å². The van der Waals surface area contributed by atoms with Crippen molar-refractivity contribution in [3.05, 3.63) is 52.3 Å². The highest BCUT2D eigenvalue weighted by atomic mass is 79.9. The largest absolute Gasteiger partial charge is 0.497 e. The molecule has 0 atom stereocenters. The van der Waals surface area contributed by atoms with Crippen molar-refractivity contribution in [2.24, 2.45) is 0 Å². The Kier molecular flexibility index (Phi) is 4.84. The van der Waals surface area contributed by atoms with Gasteiger partial charge in [0.2, 0.25) is 0 Å². The van der Waals surface area contributed by atoms with Gasteiger partial charge in [0.25, 0.3) is 0 Å². The average Bonchev–Trinajstić information content (AvgIpc) is 2.48. The summed E-state index contributed by atoms with van der Waals surface area (Å²) in [6, 6.07) is 10.3. The molecule has 2 aromatic carbocycles. The van der Waals surface area contributed by atoms with Crippen molar-refractivity contribution in [3.63, 3.8) is 0 Å².